The molecule has 2 rings (SSSR count). The Morgan fingerprint density at radius 3 is 2.53 bits per heavy atom. The maximum absolute atomic E-state index is 6.17. The third-order valence-electron chi connectivity index (χ3n) is 4.62. The molecule has 4 heteroatoms. The zero-order chi connectivity index (χ0) is 13.6. The van der Waals surface area contributed by atoms with E-state index in [9.17, 15) is 0 Å². The van der Waals surface area contributed by atoms with Crippen LogP contribution in [0.15, 0.2) is 18.5 Å². The zero-order valence-corrected chi connectivity index (χ0v) is 12.2. The summed E-state index contributed by atoms with van der Waals surface area (Å²) in [7, 11) is 0. The minimum Gasteiger partial charge on any atom is -0.329 e. The lowest BCUT2D eigenvalue weighted by Gasteiger charge is -2.43. The molecule has 0 amide bonds. The molecule has 0 spiro atoms. The van der Waals surface area contributed by atoms with Crippen LogP contribution >= 0.6 is 0 Å². The highest BCUT2D eigenvalue weighted by Crippen LogP contribution is 2.31. The van der Waals surface area contributed by atoms with Gasteiger partial charge in [0.1, 0.15) is 0 Å². The van der Waals surface area contributed by atoms with Gasteiger partial charge >= 0.3 is 0 Å². The molecule has 0 bridgehead atoms. The molecule has 0 atom stereocenters. The molecular weight excluding hydrogens is 236 g/mol. The zero-order valence-electron chi connectivity index (χ0n) is 12.2. The van der Waals surface area contributed by atoms with E-state index in [-0.39, 0.29) is 5.54 Å². The van der Waals surface area contributed by atoms with Crippen molar-refractivity contribution >= 4 is 0 Å². The second-order valence-corrected chi connectivity index (χ2v) is 5.69. The number of nitrogens with zero attached hydrogens (tertiary/aromatic N) is 3. The van der Waals surface area contributed by atoms with Gasteiger partial charge in [-0.3, -0.25) is 9.58 Å². The largest absolute Gasteiger partial charge is 0.329 e. The van der Waals surface area contributed by atoms with Gasteiger partial charge in [0.15, 0.2) is 0 Å². The van der Waals surface area contributed by atoms with Crippen molar-refractivity contribution < 1.29 is 0 Å². The van der Waals surface area contributed by atoms with Crippen molar-refractivity contribution in [3.8, 4) is 0 Å². The van der Waals surface area contributed by atoms with Gasteiger partial charge in [-0.1, -0.05) is 32.6 Å². The van der Waals surface area contributed by atoms with Gasteiger partial charge < -0.3 is 5.73 Å². The lowest BCUT2D eigenvalue weighted by molar-refractivity contribution is 0.0785. The van der Waals surface area contributed by atoms with E-state index in [0.29, 0.717) is 0 Å². The Balaban J connectivity index is 2.00. The van der Waals surface area contributed by atoms with Gasteiger partial charge in [-0.2, -0.15) is 5.10 Å². The molecule has 108 valence electrons. The Bertz CT molecular complexity index is 339. The number of likely N-dealkylation sites (N-methyl/N-ethyl adjacent to an activating group) is 1. The average Bonchev–Trinajstić information content (AvgIpc) is 2.84. The van der Waals surface area contributed by atoms with Crippen molar-refractivity contribution in [2.24, 2.45) is 5.73 Å². The van der Waals surface area contributed by atoms with Gasteiger partial charge in [0, 0.05) is 31.0 Å². The SMILES string of the molecule is CCN(CCn1cccn1)C1(CN)CCCCCC1. The highest BCUT2D eigenvalue weighted by molar-refractivity contribution is 4.93. The lowest BCUT2D eigenvalue weighted by Crippen LogP contribution is -2.54. The summed E-state index contributed by atoms with van der Waals surface area (Å²) in [6.45, 7) is 6.14. The van der Waals surface area contributed by atoms with Crippen LogP contribution in [0, 0.1) is 0 Å². The number of aromatic nitrogens is 2. The number of hydrogen-bond donors (Lipinski definition) is 1. The Kier molecular flexibility index (Phi) is 5.40. The number of nitrogens with two attached hydrogens (primary N) is 1. The van der Waals surface area contributed by atoms with Crippen LogP contribution < -0.4 is 5.73 Å². The number of hydrogen-bond acceptors (Lipinski definition) is 3. The molecule has 19 heavy (non-hydrogen) atoms. The van der Waals surface area contributed by atoms with Crippen LogP contribution in [0.1, 0.15) is 45.4 Å². The summed E-state index contributed by atoms with van der Waals surface area (Å²) in [4.78, 5) is 2.60. The lowest BCUT2D eigenvalue weighted by atomic mass is 9.88. The molecule has 1 aliphatic carbocycles. The van der Waals surface area contributed by atoms with Crippen LogP contribution in [0.3, 0.4) is 0 Å². The van der Waals surface area contributed by atoms with Crippen molar-refractivity contribution in [3.05, 3.63) is 18.5 Å². The van der Waals surface area contributed by atoms with E-state index in [2.05, 4.69) is 16.9 Å². The van der Waals surface area contributed by atoms with Crippen LogP contribution in [-0.2, 0) is 6.54 Å². The fourth-order valence-electron chi connectivity index (χ4n) is 3.42. The van der Waals surface area contributed by atoms with Crippen LogP contribution in [0.2, 0.25) is 0 Å². The van der Waals surface area contributed by atoms with Gasteiger partial charge in [-0.15, -0.1) is 0 Å². The first-order valence-electron chi connectivity index (χ1n) is 7.73. The first-order chi connectivity index (χ1) is 9.30. The molecule has 1 aromatic heterocycles. The Morgan fingerprint density at radius 2 is 2.00 bits per heavy atom. The average molecular weight is 264 g/mol. The third kappa shape index (κ3) is 3.57. The molecular formula is C15H28N4. The second kappa shape index (κ2) is 7.06. The molecule has 0 saturated heterocycles. The van der Waals surface area contributed by atoms with E-state index in [4.69, 9.17) is 5.73 Å². The van der Waals surface area contributed by atoms with Crippen LogP contribution in [-0.4, -0.2) is 39.9 Å². The Hall–Kier alpha value is -0.870. The van der Waals surface area contributed by atoms with E-state index >= 15 is 0 Å². The van der Waals surface area contributed by atoms with E-state index in [1.54, 1.807) is 0 Å². The summed E-state index contributed by atoms with van der Waals surface area (Å²) in [5, 5.41) is 4.29. The maximum atomic E-state index is 6.17. The third-order valence-corrected chi connectivity index (χ3v) is 4.62. The first-order valence-corrected chi connectivity index (χ1v) is 7.73. The van der Waals surface area contributed by atoms with Crippen LogP contribution in [0.25, 0.3) is 0 Å². The fraction of sp³-hybridized carbons (Fsp3) is 0.800. The summed E-state index contributed by atoms with van der Waals surface area (Å²) in [5.74, 6) is 0. The molecule has 1 aliphatic rings. The molecule has 4 nitrogen and oxygen atoms in total. The standard InChI is InChI=1S/C15H28N4/c1-2-18(12-13-19-11-7-10-17-19)15(14-16)8-5-3-4-6-9-15/h7,10-11H,2-6,8-9,12-14,16H2,1H3. The van der Waals surface area contributed by atoms with Crippen LogP contribution in [0.5, 0.6) is 0 Å². The predicted octanol–water partition coefficient (Wildman–Crippen LogP) is 2.26. The van der Waals surface area contributed by atoms with Gasteiger partial charge in [-0.25, -0.2) is 0 Å². The van der Waals surface area contributed by atoms with Crippen molar-refractivity contribution in [2.45, 2.75) is 57.5 Å². The van der Waals surface area contributed by atoms with Crippen molar-refractivity contribution in [1.82, 2.24) is 14.7 Å². The van der Waals surface area contributed by atoms with Gasteiger partial charge in [0.05, 0.1) is 6.54 Å². The fourth-order valence-corrected chi connectivity index (χ4v) is 3.42. The summed E-state index contributed by atoms with van der Waals surface area (Å²) < 4.78 is 2.02. The van der Waals surface area contributed by atoms with E-state index in [1.807, 2.05) is 23.1 Å². The van der Waals surface area contributed by atoms with E-state index < -0.39 is 0 Å². The highest BCUT2D eigenvalue weighted by atomic mass is 15.3. The molecule has 0 aromatic carbocycles. The van der Waals surface area contributed by atoms with Crippen molar-refractivity contribution in [3.63, 3.8) is 0 Å². The Morgan fingerprint density at radius 1 is 1.26 bits per heavy atom. The molecule has 2 N–H and O–H groups in total. The second-order valence-electron chi connectivity index (χ2n) is 5.69. The Labute approximate surface area is 117 Å². The minimum atomic E-state index is 0.235. The molecule has 1 fully saturated rings. The summed E-state index contributed by atoms with van der Waals surface area (Å²) in [6, 6.07) is 1.99. The van der Waals surface area contributed by atoms with Crippen molar-refractivity contribution in [1.29, 1.82) is 0 Å². The van der Waals surface area contributed by atoms with Crippen LogP contribution in [0.4, 0.5) is 0 Å². The first kappa shape index (κ1) is 14.5. The van der Waals surface area contributed by atoms with Gasteiger partial charge in [-0.05, 0) is 25.5 Å². The molecule has 0 aliphatic heterocycles. The molecule has 1 heterocycles. The summed E-state index contributed by atoms with van der Waals surface area (Å²) in [6.07, 6.45) is 11.8. The molecule has 0 unspecified atom stereocenters. The molecule has 0 radical (unpaired) electrons. The number of rotatable bonds is 6. The topological polar surface area (TPSA) is 47.1 Å². The van der Waals surface area contributed by atoms with Gasteiger partial charge in [0.2, 0.25) is 0 Å². The summed E-state index contributed by atoms with van der Waals surface area (Å²) in [5.41, 5.74) is 6.40. The molecule has 1 saturated carbocycles. The normalized spacial score (nSPS) is 19.5. The highest BCUT2D eigenvalue weighted by Gasteiger charge is 2.34. The summed E-state index contributed by atoms with van der Waals surface area (Å²) >= 11 is 0. The smallest absolute Gasteiger partial charge is 0.0536 e. The van der Waals surface area contributed by atoms with E-state index in [0.717, 1.165) is 26.2 Å². The maximum Gasteiger partial charge on any atom is 0.0536 e. The quantitative estimate of drug-likeness (QED) is 0.802. The monoisotopic (exact) mass is 264 g/mol. The van der Waals surface area contributed by atoms with Gasteiger partial charge in [0.25, 0.3) is 0 Å². The predicted molar refractivity (Wildman–Crippen MR) is 79.0 cm³/mol. The van der Waals surface area contributed by atoms with E-state index in [1.165, 1.54) is 38.5 Å². The molecule has 1 aromatic rings. The minimum absolute atomic E-state index is 0.235. The van der Waals surface area contributed by atoms with Crippen molar-refractivity contribution in [2.75, 3.05) is 19.6 Å².